The highest BCUT2D eigenvalue weighted by Gasteiger charge is 2.17. The van der Waals surface area contributed by atoms with Gasteiger partial charge in [-0.05, 0) is 74.2 Å². The van der Waals surface area contributed by atoms with Gasteiger partial charge < -0.3 is 9.47 Å². The second-order valence-electron chi connectivity index (χ2n) is 8.67. The number of aromatic nitrogens is 1. The number of nitrogens with zero attached hydrogens (tertiary/aromatic N) is 3. The molecule has 0 radical (unpaired) electrons. The van der Waals surface area contributed by atoms with E-state index in [1.165, 1.54) is 33.3 Å². The predicted molar refractivity (Wildman–Crippen MR) is 153 cm³/mol. The third-order valence-electron chi connectivity index (χ3n) is 6.18. The molecule has 0 unspecified atom stereocenters. The normalized spacial score (nSPS) is 11.5. The van der Waals surface area contributed by atoms with Gasteiger partial charge in [-0.2, -0.15) is 0 Å². The van der Waals surface area contributed by atoms with Gasteiger partial charge in [0.05, 0.1) is 17.4 Å². The Hall–Kier alpha value is -4.11. The fourth-order valence-corrected chi connectivity index (χ4v) is 4.66. The minimum absolute atomic E-state index is 0.706. The summed E-state index contributed by atoms with van der Waals surface area (Å²) >= 11 is 0. The van der Waals surface area contributed by atoms with Gasteiger partial charge in [0.25, 0.3) is 0 Å². The molecule has 35 heavy (non-hydrogen) atoms. The van der Waals surface area contributed by atoms with E-state index in [0.29, 0.717) is 6.54 Å². The van der Waals surface area contributed by atoms with Crippen molar-refractivity contribution in [3.63, 3.8) is 0 Å². The van der Waals surface area contributed by atoms with E-state index in [1.807, 2.05) is 37.6 Å². The van der Waals surface area contributed by atoms with E-state index in [4.69, 9.17) is 0 Å². The Bertz CT molecular complexity index is 1420. The van der Waals surface area contributed by atoms with Crippen molar-refractivity contribution < 1.29 is 0 Å². The molecule has 3 nitrogen and oxygen atoms in total. The quantitative estimate of drug-likeness (QED) is 0.182. The van der Waals surface area contributed by atoms with E-state index in [0.717, 1.165) is 23.5 Å². The van der Waals surface area contributed by atoms with Crippen LogP contribution in [0.1, 0.15) is 29.3 Å². The summed E-state index contributed by atoms with van der Waals surface area (Å²) in [6.45, 7) is 15.0. The number of anilines is 2. The highest BCUT2D eigenvalue weighted by molar-refractivity contribution is 5.96. The Morgan fingerprint density at radius 3 is 2.49 bits per heavy atom. The number of hydrogen-bond acceptors (Lipinski definition) is 2. The first-order valence-corrected chi connectivity index (χ1v) is 12.0. The van der Waals surface area contributed by atoms with E-state index in [-0.39, 0.29) is 0 Å². The summed E-state index contributed by atoms with van der Waals surface area (Å²) in [7, 11) is 0. The fourth-order valence-electron chi connectivity index (χ4n) is 4.66. The number of allylic oxidation sites excluding steroid dienone is 2. The molecule has 0 amide bonds. The van der Waals surface area contributed by atoms with Crippen LogP contribution in [0.2, 0.25) is 0 Å². The molecule has 0 aliphatic carbocycles. The Balaban J connectivity index is 1.95. The highest BCUT2D eigenvalue weighted by atomic mass is 15.1. The Labute approximate surface area is 209 Å². The second-order valence-corrected chi connectivity index (χ2v) is 8.67. The summed E-state index contributed by atoms with van der Waals surface area (Å²) in [4.78, 5) is 6.86. The van der Waals surface area contributed by atoms with Crippen LogP contribution in [0.25, 0.3) is 16.6 Å². The summed E-state index contributed by atoms with van der Waals surface area (Å²) in [5.74, 6) is 0. The average Bonchev–Trinajstić information content (AvgIpc) is 3.15. The molecular formula is C32H33N3. The minimum atomic E-state index is 0.706. The fraction of sp³-hybridized carbons (Fsp3) is 0.156. The second kappa shape index (κ2) is 10.9. The highest BCUT2D eigenvalue weighted by Crippen LogP contribution is 2.34. The van der Waals surface area contributed by atoms with Crippen molar-refractivity contribution >= 4 is 28.5 Å². The SMILES string of the molecule is C=CCc1ccccc1N(CC=C)c1cc(C)cc(-n2c(C=N/C=C\C)c(C)c3ccccc32)c1. The third-order valence-corrected chi connectivity index (χ3v) is 6.18. The largest absolute Gasteiger partial charge is 0.337 e. The molecule has 1 aromatic heterocycles. The molecule has 4 rings (SSSR count). The molecule has 3 aromatic carbocycles. The number of fused-ring (bicyclic) bond motifs is 1. The maximum Gasteiger partial charge on any atom is 0.0680 e. The number of benzene rings is 3. The van der Waals surface area contributed by atoms with Gasteiger partial charge in [0.2, 0.25) is 0 Å². The van der Waals surface area contributed by atoms with Gasteiger partial charge in [-0.15, -0.1) is 13.2 Å². The molecule has 0 saturated heterocycles. The van der Waals surface area contributed by atoms with Crippen molar-refractivity contribution in [1.82, 2.24) is 4.57 Å². The Morgan fingerprint density at radius 2 is 1.71 bits per heavy atom. The monoisotopic (exact) mass is 459 g/mol. The molecule has 0 spiro atoms. The van der Waals surface area contributed by atoms with Crippen LogP contribution in [-0.2, 0) is 6.42 Å². The molecule has 0 bridgehead atoms. The lowest BCUT2D eigenvalue weighted by Crippen LogP contribution is -2.19. The molecule has 176 valence electrons. The Morgan fingerprint density at radius 1 is 0.943 bits per heavy atom. The first-order chi connectivity index (χ1) is 17.1. The molecule has 1 heterocycles. The van der Waals surface area contributed by atoms with Gasteiger partial charge in [0, 0.05) is 35.2 Å². The molecule has 0 fully saturated rings. The number of rotatable bonds is 9. The van der Waals surface area contributed by atoms with E-state index in [9.17, 15) is 0 Å². The Kier molecular flexibility index (Phi) is 7.47. The zero-order chi connectivity index (χ0) is 24.8. The molecular weight excluding hydrogens is 426 g/mol. The summed E-state index contributed by atoms with van der Waals surface area (Å²) < 4.78 is 2.32. The van der Waals surface area contributed by atoms with Crippen LogP contribution >= 0.6 is 0 Å². The molecule has 4 aromatic rings. The van der Waals surface area contributed by atoms with E-state index < -0.39 is 0 Å². The van der Waals surface area contributed by atoms with E-state index in [1.54, 1.807) is 0 Å². The smallest absolute Gasteiger partial charge is 0.0680 e. The maximum absolute atomic E-state index is 4.53. The zero-order valence-electron chi connectivity index (χ0n) is 20.9. The van der Waals surface area contributed by atoms with E-state index >= 15 is 0 Å². The van der Waals surface area contributed by atoms with Crippen LogP contribution < -0.4 is 4.90 Å². The number of hydrogen-bond donors (Lipinski definition) is 0. The van der Waals surface area contributed by atoms with Crippen molar-refractivity contribution in [2.24, 2.45) is 4.99 Å². The first kappa shape index (κ1) is 24.0. The van der Waals surface area contributed by atoms with Crippen molar-refractivity contribution in [2.75, 3.05) is 11.4 Å². The number of para-hydroxylation sites is 2. The topological polar surface area (TPSA) is 20.5 Å². The van der Waals surface area contributed by atoms with Crippen molar-refractivity contribution in [3.05, 3.63) is 127 Å². The first-order valence-electron chi connectivity index (χ1n) is 12.0. The lowest BCUT2D eigenvalue weighted by Gasteiger charge is -2.27. The molecule has 0 saturated carbocycles. The lowest BCUT2D eigenvalue weighted by molar-refractivity contribution is 1.05. The average molecular weight is 460 g/mol. The van der Waals surface area contributed by atoms with Crippen LogP contribution in [0, 0.1) is 13.8 Å². The van der Waals surface area contributed by atoms with Gasteiger partial charge in [0.15, 0.2) is 0 Å². The summed E-state index contributed by atoms with van der Waals surface area (Å²) in [6, 6.07) is 23.8. The zero-order valence-corrected chi connectivity index (χ0v) is 20.9. The minimum Gasteiger partial charge on any atom is -0.337 e. The van der Waals surface area contributed by atoms with Crippen LogP contribution in [0.15, 0.2) is 109 Å². The predicted octanol–water partition coefficient (Wildman–Crippen LogP) is 8.25. The van der Waals surface area contributed by atoms with Crippen LogP contribution in [0.5, 0.6) is 0 Å². The van der Waals surface area contributed by atoms with Gasteiger partial charge in [-0.25, -0.2) is 0 Å². The van der Waals surface area contributed by atoms with Gasteiger partial charge in [-0.3, -0.25) is 4.99 Å². The molecule has 0 aliphatic heterocycles. The molecule has 0 atom stereocenters. The standard InChI is InChI=1S/C32H33N3/c1-6-13-26-14-9-11-16-30(26)34(19-8-3)27-20-24(4)21-28(22-27)35-31-17-12-10-15-29(31)25(5)32(35)23-33-18-7-2/h6-12,14-18,20-23H,1,3,13,19H2,2,4-5H3/b18-7-,33-23?. The number of aliphatic imine (C=N–C) groups is 1. The maximum atomic E-state index is 4.53. The summed E-state index contributed by atoms with van der Waals surface area (Å²) in [5.41, 5.74) is 9.33. The third kappa shape index (κ3) is 4.90. The van der Waals surface area contributed by atoms with E-state index in [2.05, 4.69) is 108 Å². The van der Waals surface area contributed by atoms with Crippen LogP contribution in [0.3, 0.4) is 0 Å². The van der Waals surface area contributed by atoms with Crippen LogP contribution in [-0.4, -0.2) is 17.3 Å². The molecule has 3 heteroatoms. The molecule has 0 N–H and O–H groups in total. The van der Waals surface area contributed by atoms with Gasteiger partial charge in [-0.1, -0.05) is 54.6 Å². The lowest BCUT2D eigenvalue weighted by atomic mass is 10.1. The van der Waals surface area contributed by atoms with Crippen molar-refractivity contribution in [1.29, 1.82) is 0 Å². The molecule has 0 aliphatic rings. The van der Waals surface area contributed by atoms with Crippen LogP contribution in [0.4, 0.5) is 11.4 Å². The van der Waals surface area contributed by atoms with Crippen molar-refractivity contribution in [3.8, 4) is 5.69 Å². The summed E-state index contributed by atoms with van der Waals surface area (Å²) in [6.07, 6.45) is 10.4. The van der Waals surface area contributed by atoms with Crippen molar-refractivity contribution in [2.45, 2.75) is 27.2 Å². The number of aryl methyl sites for hydroxylation is 2. The summed E-state index contributed by atoms with van der Waals surface area (Å²) in [5, 5.41) is 1.23. The van der Waals surface area contributed by atoms with Gasteiger partial charge in [0.1, 0.15) is 0 Å². The van der Waals surface area contributed by atoms with Gasteiger partial charge >= 0.3 is 0 Å².